The first kappa shape index (κ1) is 11.4. The molecule has 1 aromatic heterocycles. The molecule has 0 atom stereocenters. The molecule has 1 heterocycles. The zero-order valence-corrected chi connectivity index (χ0v) is 9.73. The fraction of sp³-hybridized carbons (Fsp3) is 0.182. The number of aryl methyl sites for hydroxylation is 1. The van der Waals surface area contributed by atoms with E-state index in [0.717, 1.165) is 0 Å². The van der Waals surface area contributed by atoms with Crippen LogP contribution in [0, 0.1) is 18.3 Å². The topological polar surface area (TPSA) is 71.9 Å². The molecule has 5 nitrogen and oxygen atoms in total. The molecule has 0 aliphatic carbocycles. The third-order valence-electron chi connectivity index (χ3n) is 2.17. The first-order valence-electron chi connectivity index (χ1n) is 4.81. The van der Waals surface area contributed by atoms with E-state index in [2.05, 4.69) is 14.9 Å². The van der Waals surface area contributed by atoms with Gasteiger partial charge in [0.05, 0.1) is 16.7 Å². The van der Waals surface area contributed by atoms with Gasteiger partial charge in [-0.1, -0.05) is 21.9 Å². The zero-order chi connectivity index (χ0) is 12.3. The second kappa shape index (κ2) is 4.85. The minimum absolute atomic E-state index is 0.223. The molecule has 0 spiro atoms. The lowest BCUT2D eigenvalue weighted by molar-refractivity contribution is 0.270. The standard InChI is InChI=1S/C11H8ClN3O2/c1-7-10(15-17-14-7)6-16-11-3-2-8(5-13)4-9(11)12/h2-4H,6H2,1H3. The van der Waals surface area contributed by atoms with Crippen LogP contribution < -0.4 is 4.74 Å². The summed E-state index contributed by atoms with van der Waals surface area (Å²) in [6.07, 6.45) is 0. The Bertz CT molecular complexity index is 574. The summed E-state index contributed by atoms with van der Waals surface area (Å²) in [5.74, 6) is 0.494. The highest BCUT2D eigenvalue weighted by molar-refractivity contribution is 6.32. The molecule has 1 aromatic carbocycles. The van der Waals surface area contributed by atoms with Gasteiger partial charge in [0.15, 0.2) is 0 Å². The maximum atomic E-state index is 8.69. The summed E-state index contributed by atoms with van der Waals surface area (Å²) in [6, 6.07) is 6.82. The smallest absolute Gasteiger partial charge is 0.145 e. The average molecular weight is 250 g/mol. The van der Waals surface area contributed by atoms with Crippen molar-refractivity contribution in [1.29, 1.82) is 5.26 Å². The van der Waals surface area contributed by atoms with Crippen molar-refractivity contribution < 1.29 is 9.37 Å². The summed E-state index contributed by atoms with van der Waals surface area (Å²) in [6.45, 7) is 2.00. The van der Waals surface area contributed by atoms with Gasteiger partial charge in [-0.3, -0.25) is 0 Å². The largest absolute Gasteiger partial charge is 0.486 e. The summed E-state index contributed by atoms with van der Waals surface area (Å²) >= 11 is 5.95. The molecule has 0 unspecified atom stereocenters. The van der Waals surface area contributed by atoms with Crippen LogP contribution in [0.5, 0.6) is 5.75 Å². The molecule has 2 aromatic rings. The van der Waals surface area contributed by atoms with Crippen LogP contribution in [0.3, 0.4) is 0 Å². The Labute approximate surface area is 103 Å². The number of hydrogen-bond acceptors (Lipinski definition) is 5. The quantitative estimate of drug-likeness (QED) is 0.836. The van der Waals surface area contributed by atoms with E-state index >= 15 is 0 Å². The van der Waals surface area contributed by atoms with Gasteiger partial charge < -0.3 is 4.74 Å². The van der Waals surface area contributed by atoms with Gasteiger partial charge in [-0.25, -0.2) is 4.63 Å². The Hall–Kier alpha value is -2.06. The lowest BCUT2D eigenvalue weighted by atomic mass is 10.2. The van der Waals surface area contributed by atoms with Gasteiger partial charge in [-0.15, -0.1) is 0 Å². The molecule has 86 valence electrons. The van der Waals surface area contributed by atoms with Crippen LogP contribution in [0.4, 0.5) is 0 Å². The minimum atomic E-state index is 0.223. The highest BCUT2D eigenvalue weighted by Crippen LogP contribution is 2.26. The van der Waals surface area contributed by atoms with Crippen LogP contribution in [-0.4, -0.2) is 10.3 Å². The number of rotatable bonds is 3. The normalized spacial score (nSPS) is 9.94. The third-order valence-corrected chi connectivity index (χ3v) is 2.47. The molecule has 0 saturated heterocycles. The number of hydrogen-bond donors (Lipinski definition) is 0. The van der Waals surface area contributed by atoms with E-state index in [0.29, 0.717) is 27.7 Å². The van der Waals surface area contributed by atoms with Crippen LogP contribution in [0.1, 0.15) is 17.0 Å². The van der Waals surface area contributed by atoms with E-state index in [1.54, 1.807) is 25.1 Å². The second-order valence-corrected chi connectivity index (χ2v) is 3.75. The zero-order valence-electron chi connectivity index (χ0n) is 8.98. The van der Waals surface area contributed by atoms with Crippen LogP contribution in [0.25, 0.3) is 0 Å². The van der Waals surface area contributed by atoms with Gasteiger partial charge in [0.1, 0.15) is 23.7 Å². The maximum Gasteiger partial charge on any atom is 0.145 e. The summed E-state index contributed by atoms with van der Waals surface area (Å²) in [5, 5.41) is 16.4. The molecule has 0 radical (unpaired) electrons. The lowest BCUT2D eigenvalue weighted by Gasteiger charge is -2.06. The fourth-order valence-electron chi connectivity index (χ4n) is 1.21. The predicted octanol–water partition coefficient (Wildman–Crippen LogP) is 2.48. The SMILES string of the molecule is Cc1nonc1COc1ccc(C#N)cc1Cl. The molecule has 0 aliphatic heterocycles. The van der Waals surface area contributed by atoms with Gasteiger partial charge in [-0.05, 0) is 25.1 Å². The van der Waals surface area contributed by atoms with Crippen LogP contribution in [0.2, 0.25) is 5.02 Å². The number of halogens is 1. The van der Waals surface area contributed by atoms with Crippen molar-refractivity contribution in [1.82, 2.24) is 10.3 Å². The van der Waals surface area contributed by atoms with Crippen molar-refractivity contribution in [3.05, 3.63) is 40.2 Å². The van der Waals surface area contributed by atoms with Gasteiger partial charge in [0.25, 0.3) is 0 Å². The van der Waals surface area contributed by atoms with Crippen molar-refractivity contribution in [2.24, 2.45) is 0 Å². The highest BCUT2D eigenvalue weighted by atomic mass is 35.5. The Morgan fingerprint density at radius 3 is 2.88 bits per heavy atom. The molecule has 0 bridgehead atoms. The van der Waals surface area contributed by atoms with Crippen molar-refractivity contribution >= 4 is 11.6 Å². The van der Waals surface area contributed by atoms with Gasteiger partial charge in [-0.2, -0.15) is 5.26 Å². The van der Waals surface area contributed by atoms with E-state index in [1.807, 2.05) is 6.07 Å². The van der Waals surface area contributed by atoms with Gasteiger partial charge in [0, 0.05) is 0 Å². The second-order valence-electron chi connectivity index (χ2n) is 3.34. The summed E-state index contributed by atoms with van der Waals surface area (Å²) in [4.78, 5) is 0. The summed E-state index contributed by atoms with van der Waals surface area (Å²) in [7, 11) is 0. The highest BCUT2D eigenvalue weighted by Gasteiger charge is 2.08. The van der Waals surface area contributed by atoms with Gasteiger partial charge >= 0.3 is 0 Å². The summed E-state index contributed by atoms with van der Waals surface area (Å²) in [5.41, 5.74) is 1.78. The van der Waals surface area contributed by atoms with Crippen molar-refractivity contribution in [3.63, 3.8) is 0 Å². The molecule has 0 aliphatic rings. The number of aromatic nitrogens is 2. The molecular formula is C11H8ClN3O2. The van der Waals surface area contributed by atoms with Gasteiger partial charge in [0.2, 0.25) is 0 Å². The first-order chi connectivity index (χ1) is 8.20. The van der Waals surface area contributed by atoms with Crippen LogP contribution >= 0.6 is 11.6 Å². The first-order valence-corrected chi connectivity index (χ1v) is 5.19. The molecule has 0 amide bonds. The molecule has 17 heavy (non-hydrogen) atoms. The lowest BCUT2D eigenvalue weighted by Crippen LogP contribution is -1.98. The molecule has 0 N–H and O–H groups in total. The molecule has 0 fully saturated rings. The molecule has 0 saturated carbocycles. The Morgan fingerprint density at radius 1 is 1.47 bits per heavy atom. The average Bonchev–Trinajstić information content (AvgIpc) is 2.73. The minimum Gasteiger partial charge on any atom is -0.486 e. The number of benzene rings is 1. The molecular weight excluding hydrogens is 242 g/mol. The van der Waals surface area contributed by atoms with E-state index in [-0.39, 0.29) is 6.61 Å². The number of ether oxygens (including phenoxy) is 1. The van der Waals surface area contributed by atoms with E-state index in [1.165, 1.54) is 0 Å². The monoisotopic (exact) mass is 249 g/mol. The van der Waals surface area contributed by atoms with Crippen LogP contribution in [-0.2, 0) is 6.61 Å². The Kier molecular flexibility index (Phi) is 3.26. The Morgan fingerprint density at radius 2 is 2.29 bits per heavy atom. The third kappa shape index (κ3) is 2.55. The van der Waals surface area contributed by atoms with E-state index in [9.17, 15) is 0 Å². The van der Waals surface area contributed by atoms with Crippen molar-refractivity contribution in [3.8, 4) is 11.8 Å². The molecule has 6 heteroatoms. The number of nitriles is 1. The van der Waals surface area contributed by atoms with Crippen molar-refractivity contribution in [2.75, 3.05) is 0 Å². The van der Waals surface area contributed by atoms with E-state index in [4.69, 9.17) is 21.6 Å². The Balaban J connectivity index is 2.10. The summed E-state index contributed by atoms with van der Waals surface area (Å²) < 4.78 is 10.0. The fourth-order valence-corrected chi connectivity index (χ4v) is 1.45. The number of nitrogens with zero attached hydrogens (tertiary/aromatic N) is 3. The maximum absolute atomic E-state index is 8.69. The van der Waals surface area contributed by atoms with Crippen LogP contribution in [0.15, 0.2) is 22.8 Å². The predicted molar refractivity (Wildman–Crippen MR) is 59.5 cm³/mol. The van der Waals surface area contributed by atoms with E-state index < -0.39 is 0 Å². The molecule has 2 rings (SSSR count). The van der Waals surface area contributed by atoms with Crippen molar-refractivity contribution in [2.45, 2.75) is 13.5 Å².